The molecule has 0 saturated carbocycles. The highest BCUT2D eigenvalue weighted by molar-refractivity contribution is 6.33. The van der Waals surface area contributed by atoms with Gasteiger partial charge in [0, 0.05) is 12.4 Å². The van der Waals surface area contributed by atoms with Gasteiger partial charge in [-0.2, -0.15) is 5.10 Å². The number of nitrogens with two attached hydrogens (primary N) is 1. The number of aromatic nitrogens is 4. The van der Waals surface area contributed by atoms with Crippen molar-refractivity contribution in [2.75, 3.05) is 11.1 Å². The summed E-state index contributed by atoms with van der Waals surface area (Å²) in [5.41, 5.74) is 6.38. The molecule has 3 aromatic rings. The van der Waals surface area contributed by atoms with E-state index in [1.165, 1.54) is 0 Å². The minimum atomic E-state index is -0.551. The summed E-state index contributed by atoms with van der Waals surface area (Å²) in [6.07, 6.45) is 3.32. The summed E-state index contributed by atoms with van der Waals surface area (Å²) in [6, 6.07) is 6.83. The van der Waals surface area contributed by atoms with Crippen LogP contribution in [0.1, 0.15) is 10.5 Å². The van der Waals surface area contributed by atoms with Crippen molar-refractivity contribution in [2.45, 2.75) is 0 Å². The van der Waals surface area contributed by atoms with Crippen LogP contribution in [0.4, 0.5) is 11.5 Å². The van der Waals surface area contributed by atoms with Crippen molar-refractivity contribution in [2.24, 2.45) is 0 Å². The molecule has 0 spiro atoms. The summed E-state index contributed by atoms with van der Waals surface area (Å²) in [5.74, 6) is -0.639. The van der Waals surface area contributed by atoms with Crippen LogP contribution in [0.2, 0.25) is 5.02 Å². The molecule has 8 nitrogen and oxygen atoms in total. The minimum absolute atomic E-state index is 0.0878. The molecule has 1 amide bonds. The van der Waals surface area contributed by atoms with E-state index in [1.807, 2.05) is 0 Å². The average Bonchev–Trinajstić information content (AvgIpc) is 3.10. The summed E-state index contributed by atoms with van der Waals surface area (Å²) in [7, 11) is 0. The Morgan fingerprint density at radius 1 is 1.33 bits per heavy atom. The van der Waals surface area contributed by atoms with Crippen LogP contribution in [0, 0.1) is 0 Å². The third-order valence-electron chi connectivity index (χ3n) is 2.70. The van der Waals surface area contributed by atoms with Crippen molar-refractivity contribution in [1.29, 1.82) is 0 Å². The smallest absolute Gasteiger partial charge is 0.281 e. The summed E-state index contributed by atoms with van der Waals surface area (Å²) < 4.78 is 5.94. The topological polar surface area (TPSA) is 112 Å². The lowest BCUT2D eigenvalue weighted by atomic mass is 10.2. The van der Waals surface area contributed by atoms with E-state index >= 15 is 0 Å². The van der Waals surface area contributed by atoms with Crippen LogP contribution >= 0.6 is 11.6 Å². The number of amides is 1. The third kappa shape index (κ3) is 2.43. The van der Waals surface area contributed by atoms with Crippen molar-refractivity contribution in [3.63, 3.8) is 0 Å². The number of benzene rings is 1. The van der Waals surface area contributed by atoms with Crippen LogP contribution < -0.4 is 11.1 Å². The number of anilines is 2. The van der Waals surface area contributed by atoms with Gasteiger partial charge in [-0.05, 0) is 28.5 Å². The molecule has 106 valence electrons. The Morgan fingerprint density at radius 3 is 2.86 bits per heavy atom. The number of nitrogens with one attached hydrogen (secondary N) is 1. The van der Waals surface area contributed by atoms with Gasteiger partial charge in [-0.25, -0.2) is 9.31 Å². The number of hydrogen-bond acceptors (Lipinski definition) is 6. The lowest BCUT2D eigenvalue weighted by Gasteiger charge is -2.11. The molecule has 0 unspecified atom stereocenters. The molecule has 0 fully saturated rings. The van der Waals surface area contributed by atoms with Crippen LogP contribution in [0.25, 0.3) is 5.69 Å². The number of para-hydroxylation sites is 1. The molecule has 9 heteroatoms. The molecule has 3 rings (SSSR count). The van der Waals surface area contributed by atoms with Gasteiger partial charge in [-0.3, -0.25) is 4.79 Å². The van der Waals surface area contributed by atoms with Gasteiger partial charge in [0.05, 0.1) is 10.7 Å². The van der Waals surface area contributed by atoms with Crippen molar-refractivity contribution in [1.82, 2.24) is 20.1 Å². The van der Waals surface area contributed by atoms with E-state index in [2.05, 4.69) is 25.4 Å². The molecule has 0 aliphatic carbocycles. The maximum Gasteiger partial charge on any atom is 0.281 e. The Labute approximate surface area is 123 Å². The average molecular weight is 305 g/mol. The first-order chi connectivity index (χ1) is 10.2. The van der Waals surface area contributed by atoms with Crippen LogP contribution in [0.5, 0.6) is 0 Å². The first-order valence-electron chi connectivity index (χ1n) is 5.84. The molecule has 0 bridgehead atoms. The summed E-state index contributed by atoms with van der Waals surface area (Å²) in [4.78, 5) is 12.1. The predicted octanol–water partition coefficient (Wildman–Crippen LogP) is 1.74. The zero-order valence-corrected chi connectivity index (χ0v) is 11.3. The quantitative estimate of drug-likeness (QED) is 0.762. The largest absolute Gasteiger partial charge is 0.379 e. The van der Waals surface area contributed by atoms with Crippen molar-refractivity contribution >= 4 is 29.0 Å². The van der Waals surface area contributed by atoms with Gasteiger partial charge < -0.3 is 11.1 Å². The fourth-order valence-electron chi connectivity index (χ4n) is 1.78. The molecule has 2 heterocycles. The lowest BCUT2D eigenvalue weighted by molar-refractivity contribution is 0.101. The molecule has 1 aromatic carbocycles. The van der Waals surface area contributed by atoms with Gasteiger partial charge in [0.15, 0.2) is 0 Å². The van der Waals surface area contributed by atoms with Crippen LogP contribution in [-0.4, -0.2) is 26.0 Å². The van der Waals surface area contributed by atoms with Crippen molar-refractivity contribution in [3.8, 4) is 5.69 Å². The Hall–Kier alpha value is -2.87. The summed E-state index contributed by atoms with van der Waals surface area (Å²) in [6.45, 7) is 0. The fourth-order valence-corrected chi connectivity index (χ4v) is 2.05. The molecule has 0 atom stereocenters. The van der Waals surface area contributed by atoms with Crippen LogP contribution in [0.15, 0.2) is 41.3 Å². The standard InChI is InChI=1S/C12H9ClN6O2/c13-7-3-1-4-8(10(7)19-6-2-5-15-19)16-12(20)9-11(14)18-21-17-9/h1-6H,(H2,14,18)(H,16,20). The maximum absolute atomic E-state index is 12.1. The second-order valence-electron chi connectivity index (χ2n) is 4.04. The van der Waals surface area contributed by atoms with Gasteiger partial charge in [0.25, 0.3) is 5.91 Å². The Balaban J connectivity index is 1.98. The highest BCUT2D eigenvalue weighted by atomic mass is 35.5. The number of halogens is 1. The van der Waals surface area contributed by atoms with E-state index < -0.39 is 5.91 Å². The van der Waals surface area contributed by atoms with Gasteiger partial charge >= 0.3 is 0 Å². The summed E-state index contributed by atoms with van der Waals surface area (Å²) in [5, 5.41) is 14.0. The second kappa shape index (κ2) is 5.25. The number of carbonyl (C=O) groups excluding carboxylic acids is 1. The molecule has 0 radical (unpaired) electrons. The van der Waals surface area contributed by atoms with Gasteiger partial charge in [-0.1, -0.05) is 17.7 Å². The van der Waals surface area contributed by atoms with E-state index in [-0.39, 0.29) is 11.5 Å². The number of nitrogen functional groups attached to an aromatic ring is 1. The highest BCUT2D eigenvalue weighted by Crippen LogP contribution is 2.28. The van der Waals surface area contributed by atoms with E-state index in [1.54, 1.807) is 41.3 Å². The van der Waals surface area contributed by atoms with Crippen molar-refractivity contribution in [3.05, 3.63) is 47.4 Å². The number of rotatable bonds is 3. The van der Waals surface area contributed by atoms with Gasteiger partial charge in [0.2, 0.25) is 11.5 Å². The van der Waals surface area contributed by atoms with E-state index in [9.17, 15) is 4.79 Å². The molecule has 3 N–H and O–H groups in total. The molecular formula is C12H9ClN6O2. The molecule has 0 aliphatic heterocycles. The predicted molar refractivity (Wildman–Crippen MR) is 75.2 cm³/mol. The van der Waals surface area contributed by atoms with E-state index in [4.69, 9.17) is 17.3 Å². The second-order valence-corrected chi connectivity index (χ2v) is 4.45. The molecular weight excluding hydrogens is 296 g/mol. The Kier molecular flexibility index (Phi) is 3.28. The van der Waals surface area contributed by atoms with E-state index in [0.717, 1.165) is 0 Å². The van der Waals surface area contributed by atoms with E-state index in [0.29, 0.717) is 16.4 Å². The first-order valence-corrected chi connectivity index (χ1v) is 6.22. The molecule has 0 aliphatic rings. The normalized spacial score (nSPS) is 10.5. The van der Waals surface area contributed by atoms with Gasteiger partial charge in [0.1, 0.15) is 5.69 Å². The van der Waals surface area contributed by atoms with Gasteiger partial charge in [-0.15, -0.1) is 0 Å². The highest BCUT2D eigenvalue weighted by Gasteiger charge is 2.18. The summed E-state index contributed by atoms with van der Waals surface area (Å²) >= 11 is 6.18. The molecule has 2 aromatic heterocycles. The fraction of sp³-hybridized carbons (Fsp3) is 0. The van der Waals surface area contributed by atoms with Crippen molar-refractivity contribution < 1.29 is 9.42 Å². The Bertz CT molecular complexity index is 783. The monoisotopic (exact) mass is 304 g/mol. The maximum atomic E-state index is 12.1. The molecule has 0 saturated heterocycles. The number of carbonyl (C=O) groups is 1. The first kappa shape index (κ1) is 13.1. The number of hydrogen-bond donors (Lipinski definition) is 2. The molecule has 21 heavy (non-hydrogen) atoms. The minimum Gasteiger partial charge on any atom is -0.379 e. The lowest BCUT2D eigenvalue weighted by Crippen LogP contribution is -2.16. The third-order valence-corrected chi connectivity index (χ3v) is 3.00. The SMILES string of the molecule is Nc1nonc1C(=O)Nc1cccc(Cl)c1-n1cccn1. The number of nitrogens with zero attached hydrogens (tertiary/aromatic N) is 4. The zero-order valence-electron chi connectivity index (χ0n) is 10.5. The van der Waals surface area contributed by atoms with Crippen LogP contribution in [0.3, 0.4) is 0 Å². The van der Waals surface area contributed by atoms with Crippen LogP contribution in [-0.2, 0) is 0 Å². The zero-order chi connectivity index (χ0) is 14.8. The Morgan fingerprint density at radius 2 is 2.19 bits per heavy atom.